The van der Waals surface area contributed by atoms with Crippen LogP contribution in [0.2, 0.25) is 0 Å². The summed E-state index contributed by atoms with van der Waals surface area (Å²) in [6.07, 6.45) is 17.3. The molecule has 0 spiro atoms. The van der Waals surface area contributed by atoms with Gasteiger partial charge in [0.05, 0.1) is 13.2 Å². The fourth-order valence-corrected chi connectivity index (χ4v) is 7.48. The summed E-state index contributed by atoms with van der Waals surface area (Å²) in [5.41, 5.74) is 2.99. The molecular weight excluding hydrogens is 478 g/mol. The molecule has 2 nitrogen and oxygen atoms in total. The maximum Gasteiger partial charge on any atom is 0.204 e. The topological polar surface area (TPSA) is 18.5 Å². The molecule has 0 saturated heterocycles. The highest BCUT2D eigenvalue weighted by Crippen LogP contribution is 2.48. The summed E-state index contributed by atoms with van der Waals surface area (Å²) in [7, 11) is 0. The first-order valence-corrected chi connectivity index (χ1v) is 15.0. The van der Waals surface area contributed by atoms with E-state index in [0.717, 1.165) is 49.4 Å². The minimum absolute atomic E-state index is 0.0245. The molecule has 3 fully saturated rings. The summed E-state index contributed by atoms with van der Waals surface area (Å²) in [6.45, 7) is 4.62. The first kappa shape index (κ1) is 27.2. The van der Waals surface area contributed by atoms with Crippen molar-refractivity contribution in [3.8, 4) is 11.5 Å². The van der Waals surface area contributed by atoms with E-state index in [2.05, 4.69) is 43.3 Å². The molecule has 3 aliphatic rings. The van der Waals surface area contributed by atoms with E-state index >= 15 is 0 Å². The molecule has 4 atom stereocenters. The maximum absolute atomic E-state index is 14.3. The van der Waals surface area contributed by atoms with Crippen molar-refractivity contribution in [2.75, 3.05) is 13.2 Å². The number of rotatable bonds is 8. The van der Waals surface area contributed by atoms with E-state index in [0.29, 0.717) is 25.0 Å². The van der Waals surface area contributed by atoms with Crippen molar-refractivity contribution in [2.45, 2.75) is 89.9 Å². The fraction of sp³-hybridized carbons (Fsp3) is 0.588. The Morgan fingerprint density at radius 2 is 1.29 bits per heavy atom. The van der Waals surface area contributed by atoms with Crippen molar-refractivity contribution in [3.63, 3.8) is 0 Å². The largest absolute Gasteiger partial charge is 0.491 e. The van der Waals surface area contributed by atoms with Gasteiger partial charge in [-0.3, -0.25) is 0 Å². The predicted octanol–water partition coefficient (Wildman–Crippen LogP) is 9.59. The summed E-state index contributed by atoms with van der Waals surface area (Å²) in [5.74, 6) is 2.33. The highest BCUT2D eigenvalue weighted by molar-refractivity contribution is 5.35. The quantitative estimate of drug-likeness (QED) is 0.321. The van der Waals surface area contributed by atoms with E-state index in [1.54, 1.807) is 6.92 Å². The van der Waals surface area contributed by atoms with Crippen LogP contribution in [-0.2, 0) is 0 Å². The standard InChI is InChI=1S/C34H44F2O2/c1-3-5-23-6-11-30-21-29(17-16-28(30)20-23)27-14-12-26(13-15-27)25-9-7-24(8-10-25)22-38-32-19-18-31(37-4-2)33(35)34(32)36/h3,5,12-15,18-19,23-25,28-30H,4,6-11,16-17,20-22H2,1-2H3/b5-3+. The van der Waals surface area contributed by atoms with E-state index < -0.39 is 11.6 Å². The molecule has 0 amide bonds. The molecule has 0 aromatic heterocycles. The van der Waals surface area contributed by atoms with Gasteiger partial charge in [-0.15, -0.1) is 0 Å². The smallest absolute Gasteiger partial charge is 0.204 e. The lowest BCUT2D eigenvalue weighted by Gasteiger charge is -2.42. The third kappa shape index (κ3) is 6.26. The predicted molar refractivity (Wildman–Crippen MR) is 150 cm³/mol. The lowest BCUT2D eigenvalue weighted by Crippen LogP contribution is -2.30. The first-order valence-electron chi connectivity index (χ1n) is 15.0. The summed E-state index contributed by atoms with van der Waals surface area (Å²) in [5, 5.41) is 0. The number of ether oxygens (including phenoxy) is 2. The van der Waals surface area contributed by atoms with E-state index in [9.17, 15) is 8.78 Å². The Morgan fingerprint density at radius 3 is 1.95 bits per heavy atom. The molecule has 0 radical (unpaired) electrons. The Morgan fingerprint density at radius 1 is 0.711 bits per heavy atom. The molecule has 38 heavy (non-hydrogen) atoms. The van der Waals surface area contributed by atoms with Crippen molar-refractivity contribution in [3.05, 3.63) is 71.3 Å². The van der Waals surface area contributed by atoms with Crippen LogP contribution in [0.4, 0.5) is 8.78 Å². The van der Waals surface area contributed by atoms with Crippen LogP contribution in [0.1, 0.15) is 101 Å². The monoisotopic (exact) mass is 522 g/mol. The van der Waals surface area contributed by atoms with Crippen LogP contribution in [-0.4, -0.2) is 13.2 Å². The average Bonchev–Trinajstić information content (AvgIpc) is 2.95. The first-order chi connectivity index (χ1) is 18.6. The molecular formula is C34H44F2O2. The van der Waals surface area contributed by atoms with Crippen LogP contribution in [0.25, 0.3) is 0 Å². The average molecular weight is 523 g/mol. The molecule has 3 aliphatic carbocycles. The van der Waals surface area contributed by atoms with Gasteiger partial charge in [0.1, 0.15) is 0 Å². The van der Waals surface area contributed by atoms with Crippen molar-refractivity contribution < 1.29 is 18.3 Å². The summed E-state index contributed by atoms with van der Waals surface area (Å²) >= 11 is 0. The Labute approximate surface area is 227 Å². The van der Waals surface area contributed by atoms with Gasteiger partial charge in [-0.1, -0.05) is 36.4 Å². The normalized spacial score (nSPS) is 29.7. The molecule has 5 rings (SSSR count). The van der Waals surface area contributed by atoms with Crippen molar-refractivity contribution in [2.24, 2.45) is 23.7 Å². The molecule has 3 saturated carbocycles. The zero-order valence-corrected chi connectivity index (χ0v) is 23.1. The number of benzene rings is 2. The van der Waals surface area contributed by atoms with Gasteiger partial charge in [-0.05, 0) is 137 Å². The third-order valence-corrected chi connectivity index (χ3v) is 9.63. The molecule has 4 unspecified atom stereocenters. The van der Waals surface area contributed by atoms with Gasteiger partial charge in [0.2, 0.25) is 11.6 Å². The molecule has 4 heteroatoms. The van der Waals surface area contributed by atoms with E-state index in [1.807, 2.05) is 0 Å². The molecule has 0 aliphatic heterocycles. The minimum Gasteiger partial charge on any atom is -0.491 e. The van der Waals surface area contributed by atoms with Crippen LogP contribution in [0, 0.1) is 35.3 Å². The molecule has 0 heterocycles. The van der Waals surface area contributed by atoms with Crippen LogP contribution in [0.15, 0.2) is 48.6 Å². The van der Waals surface area contributed by atoms with Gasteiger partial charge < -0.3 is 9.47 Å². The van der Waals surface area contributed by atoms with Crippen molar-refractivity contribution in [1.82, 2.24) is 0 Å². The van der Waals surface area contributed by atoms with Gasteiger partial charge in [-0.25, -0.2) is 0 Å². The van der Waals surface area contributed by atoms with E-state index in [-0.39, 0.29) is 11.5 Å². The third-order valence-electron chi connectivity index (χ3n) is 9.63. The van der Waals surface area contributed by atoms with Gasteiger partial charge in [0, 0.05) is 0 Å². The molecule has 2 aromatic carbocycles. The molecule has 206 valence electrons. The lowest BCUT2D eigenvalue weighted by atomic mass is 9.64. The maximum atomic E-state index is 14.3. The lowest BCUT2D eigenvalue weighted by molar-refractivity contribution is 0.133. The number of halogens is 2. The van der Waals surface area contributed by atoms with Crippen LogP contribution < -0.4 is 9.47 Å². The van der Waals surface area contributed by atoms with Crippen molar-refractivity contribution in [1.29, 1.82) is 0 Å². The van der Waals surface area contributed by atoms with Crippen LogP contribution in [0.5, 0.6) is 11.5 Å². The molecule has 0 N–H and O–H groups in total. The van der Waals surface area contributed by atoms with Crippen LogP contribution in [0.3, 0.4) is 0 Å². The van der Waals surface area contributed by atoms with Gasteiger partial charge >= 0.3 is 0 Å². The second-order valence-electron chi connectivity index (χ2n) is 11.9. The Hall–Kier alpha value is -2.36. The zero-order valence-electron chi connectivity index (χ0n) is 23.1. The SMILES string of the molecule is C/C=C/C1CCC2CC(c3ccc(C4CCC(COc5ccc(OCC)c(F)c5F)CC4)cc3)CCC2C1. The number of hydrogen-bond acceptors (Lipinski definition) is 2. The summed E-state index contributed by atoms with van der Waals surface area (Å²) < 4.78 is 39.3. The Balaban J connectivity index is 1.09. The number of fused-ring (bicyclic) bond motifs is 1. The van der Waals surface area contributed by atoms with Gasteiger partial charge in [0.15, 0.2) is 11.5 Å². The van der Waals surface area contributed by atoms with Crippen LogP contribution >= 0.6 is 0 Å². The summed E-state index contributed by atoms with van der Waals surface area (Å²) in [4.78, 5) is 0. The Kier molecular flexibility index (Phi) is 9.07. The minimum atomic E-state index is -0.971. The second-order valence-corrected chi connectivity index (χ2v) is 11.9. The highest BCUT2D eigenvalue weighted by Gasteiger charge is 2.35. The van der Waals surface area contributed by atoms with E-state index in [1.165, 1.54) is 61.8 Å². The summed E-state index contributed by atoms with van der Waals surface area (Å²) in [6, 6.07) is 12.5. The highest BCUT2D eigenvalue weighted by atomic mass is 19.2. The number of hydrogen-bond donors (Lipinski definition) is 0. The van der Waals surface area contributed by atoms with E-state index in [4.69, 9.17) is 9.47 Å². The molecule has 2 aromatic rings. The second kappa shape index (κ2) is 12.7. The molecule has 0 bridgehead atoms. The Bertz CT molecular complexity index is 1070. The fourth-order valence-electron chi connectivity index (χ4n) is 7.48. The van der Waals surface area contributed by atoms with Gasteiger partial charge in [-0.2, -0.15) is 8.78 Å². The van der Waals surface area contributed by atoms with Gasteiger partial charge in [0.25, 0.3) is 0 Å². The number of allylic oxidation sites excluding steroid dienone is 2. The van der Waals surface area contributed by atoms with Crippen molar-refractivity contribution >= 4 is 0 Å². The zero-order chi connectivity index (χ0) is 26.5.